The summed E-state index contributed by atoms with van der Waals surface area (Å²) >= 11 is 1.85. The number of rotatable bonds is 8. The third kappa shape index (κ3) is 5.10. The van der Waals surface area contributed by atoms with Crippen LogP contribution in [0.4, 0.5) is 0 Å². The molecule has 0 aliphatic heterocycles. The van der Waals surface area contributed by atoms with E-state index in [9.17, 15) is 0 Å². The van der Waals surface area contributed by atoms with E-state index in [4.69, 9.17) is 0 Å². The minimum atomic E-state index is 0.667. The first kappa shape index (κ1) is 13.7. The van der Waals surface area contributed by atoms with E-state index >= 15 is 0 Å². The summed E-state index contributed by atoms with van der Waals surface area (Å²) < 4.78 is 0. The molecule has 92 valence electrons. The van der Waals surface area contributed by atoms with Crippen molar-refractivity contribution in [3.63, 3.8) is 0 Å². The number of hydrogen-bond donors (Lipinski definition) is 1. The Bertz CT molecular complexity index is 259. The summed E-state index contributed by atoms with van der Waals surface area (Å²) in [6, 6.07) is 5.01. The largest absolute Gasteiger partial charge is 0.317 e. The first-order valence-electron chi connectivity index (χ1n) is 6.17. The van der Waals surface area contributed by atoms with Crippen LogP contribution in [-0.2, 0) is 6.54 Å². The third-order valence-electron chi connectivity index (χ3n) is 2.96. The van der Waals surface area contributed by atoms with Crippen molar-refractivity contribution in [1.82, 2.24) is 10.2 Å². The lowest BCUT2D eigenvalue weighted by Crippen LogP contribution is -2.29. The molecule has 1 unspecified atom stereocenters. The standard InChI is InChI=1S/C13H24N2S/c1-4-14-9-5-7-12(2)15(3)11-13-8-6-10-16-13/h6,8,10,12,14H,4-5,7,9,11H2,1-3H3. The van der Waals surface area contributed by atoms with Crippen LogP contribution < -0.4 is 5.32 Å². The highest BCUT2D eigenvalue weighted by Gasteiger charge is 2.09. The summed E-state index contributed by atoms with van der Waals surface area (Å²) in [7, 11) is 2.22. The lowest BCUT2D eigenvalue weighted by Gasteiger charge is -2.24. The van der Waals surface area contributed by atoms with Crippen LogP contribution in [0, 0.1) is 0 Å². The van der Waals surface area contributed by atoms with E-state index in [1.54, 1.807) is 0 Å². The molecule has 0 aliphatic rings. The van der Waals surface area contributed by atoms with Crippen LogP contribution in [0.25, 0.3) is 0 Å². The average Bonchev–Trinajstić information content (AvgIpc) is 2.76. The van der Waals surface area contributed by atoms with Crippen LogP contribution in [-0.4, -0.2) is 31.1 Å². The van der Waals surface area contributed by atoms with Gasteiger partial charge in [-0.1, -0.05) is 13.0 Å². The van der Waals surface area contributed by atoms with Crippen molar-refractivity contribution in [2.75, 3.05) is 20.1 Å². The lowest BCUT2D eigenvalue weighted by atomic mass is 10.1. The number of thiophene rings is 1. The molecule has 0 saturated carbocycles. The van der Waals surface area contributed by atoms with Gasteiger partial charge in [-0.2, -0.15) is 0 Å². The first-order valence-corrected chi connectivity index (χ1v) is 7.05. The van der Waals surface area contributed by atoms with E-state index in [0.717, 1.165) is 19.6 Å². The highest BCUT2D eigenvalue weighted by Crippen LogP contribution is 2.14. The van der Waals surface area contributed by atoms with Crippen molar-refractivity contribution in [3.8, 4) is 0 Å². The molecule has 2 nitrogen and oxygen atoms in total. The van der Waals surface area contributed by atoms with E-state index in [2.05, 4.69) is 48.6 Å². The summed E-state index contributed by atoms with van der Waals surface area (Å²) in [5, 5.41) is 5.52. The highest BCUT2D eigenvalue weighted by molar-refractivity contribution is 7.09. The van der Waals surface area contributed by atoms with E-state index in [1.807, 2.05) is 11.3 Å². The molecule has 16 heavy (non-hydrogen) atoms. The molecule has 0 bridgehead atoms. The van der Waals surface area contributed by atoms with Gasteiger partial charge in [-0.3, -0.25) is 4.90 Å². The van der Waals surface area contributed by atoms with Crippen molar-refractivity contribution < 1.29 is 0 Å². The first-order chi connectivity index (χ1) is 7.74. The molecule has 1 rings (SSSR count). The fourth-order valence-corrected chi connectivity index (χ4v) is 2.49. The quantitative estimate of drug-likeness (QED) is 0.703. The normalized spacial score (nSPS) is 13.2. The molecule has 0 aliphatic carbocycles. The summed E-state index contributed by atoms with van der Waals surface area (Å²) in [5.41, 5.74) is 0. The molecule has 0 fully saturated rings. The van der Waals surface area contributed by atoms with Crippen LogP contribution in [0.1, 0.15) is 31.6 Å². The Hall–Kier alpha value is -0.380. The molecule has 1 aromatic heterocycles. The second kappa shape index (κ2) is 7.82. The molecular formula is C13H24N2S. The smallest absolute Gasteiger partial charge is 0.0327 e. The molecular weight excluding hydrogens is 216 g/mol. The van der Waals surface area contributed by atoms with Crippen LogP contribution >= 0.6 is 11.3 Å². The lowest BCUT2D eigenvalue weighted by molar-refractivity contribution is 0.236. The maximum absolute atomic E-state index is 3.37. The predicted octanol–water partition coefficient (Wildman–Crippen LogP) is 2.96. The molecule has 1 atom stereocenters. The molecule has 1 aromatic rings. The van der Waals surface area contributed by atoms with Crippen molar-refractivity contribution in [3.05, 3.63) is 22.4 Å². The zero-order valence-electron chi connectivity index (χ0n) is 10.7. The Labute approximate surface area is 104 Å². The molecule has 0 radical (unpaired) electrons. The monoisotopic (exact) mass is 240 g/mol. The van der Waals surface area contributed by atoms with Crippen molar-refractivity contribution in [2.45, 2.75) is 39.3 Å². The third-order valence-corrected chi connectivity index (χ3v) is 3.82. The van der Waals surface area contributed by atoms with Crippen molar-refractivity contribution in [2.24, 2.45) is 0 Å². The van der Waals surface area contributed by atoms with Crippen molar-refractivity contribution in [1.29, 1.82) is 0 Å². The van der Waals surface area contributed by atoms with Crippen LogP contribution in [0.5, 0.6) is 0 Å². The van der Waals surface area contributed by atoms with Gasteiger partial charge >= 0.3 is 0 Å². The van der Waals surface area contributed by atoms with E-state index < -0.39 is 0 Å². The summed E-state index contributed by atoms with van der Waals surface area (Å²) in [6.07, 6.45) is 2.54. The van der Waals surface area contributed by atoms with Gasteiger partial charge in [0.05, 0.1) is 0 Å². The maximum atomic E-state index is 3.37. The van der Waals surface area contributed by atoms with E-state index in [0.29, 0.717) is 6.04 Å². The summed E-state index contributed by atoms with van der Waals surface area (Å²) in [4.78, 5) is 3.90. The Kier molecular flexibility index (Phi) is 6.69. The fraction of sp³-hybridized carbons (Fsp3) is 0.692. The Morgan fingerprint density at radius 3 is 2.94 bits per heavy atom. The zero-order valence-corrected chi connectivity index (χ0v) is 11.5. The van der Waals surface area contributed by atoms with Gasteiger partial charge < -0.3 is 5.32 Å². The summed E-state index contributed by atoms with van der Waals surface area (Å²) in [6.45, 7) is 7.79. The van der Waals surface area contributed by atoms with Gasteiger partial charge in [0.2, 0.25) is 0 Å². The molecule has 0 aromatic carbocycles. The molecule has 1 N–H and O–H groups in total. The van der Waals surface area contributed by atoms with Crippen LogP contribution in [0.2, 0.25) is 0 Å². The minimum absolute atomic E-state index is 0.667. The van der Waals surface area contributed by atoms with Gasteiger partial charge in [-0.15, -0.1) is 11.3 Å². The van der Waals surface area contributed by atoms with Crippen LogP contribution in [0.3, 0.4) is 0 Å². The van der Waals surface area contributed by atoms with E-state index in [1.165, 1.54) is 17.7 Å². The Balaban J connectivity index is 2.17. The van der Waals surface area contributed by atoms with Gasteiger partial charge in [0.25, 0.3) is 0 Å². The second-order valence-electron chi connectivity index (χ2n) is 4.34. The Morgan fingerprint density at radius 2 is 2.31 bits per heavy atom. The number of hydrogen-bond acceptors (Lipinski definition) is 3. The van der Waals surface area contributed by atoms with Gasteiger partial charge in [-0.25, -0.2) is 0 Å². The molecule has 0 saturated heterocycles. The second-order valence-corrected chi connectivity index (χ2v) is 5.37. The van der Waals surface area contributed by atoms with Crippen molar-refractivity contribution >= 4 is 11.3 Å². The van der Waals surface area contributed by atoms with E-state index in [-0.39, 0.29) is 0 Å². The molecule has 0 spiro atoms. The molecule has 3 heteroatoms. The van der Waals surface area contributed by atoms with Crippen LogP contribution in [0.15, 0.2) is 17.5 Å². The summed E-state index contributed by atoms with van der Waals surface area (Å²) in [5.74, 6) is 0. The fourth-order valence-electron chi connectivity index (χ4n) is 1.72. The number of nitrogens with one attached hydrogen (secondary N) is 1. The zero-order chi connectivity index (χ0) is 11.8. The topological polar surface area (TPSA) is 15.3 Å². The highest BCUT2D eigenvalue weighted by atomic mass is 32.1. The maximum Gasteiger partial charge on any atom is 0.0327 e. The van der Waals surface area contributed by atoms with Gasteiger partial charge in [-0.05, 0) is 51.3 Å². The van der Waals surface area contributed by atoms with Gasteiger partial charge in [0.1, 0.15) is 0 Å². The molecule has 1 heterocycles. The van der Waals surface area contributed by atoms with Gasteiger partial charge in [0, 0.05) is 17.5 Å². The average molecular weight is 240 g/mol. The minimum Gasteiger partial charge on any atom is -0.317 e. The van der Waals surface area contributed by atoms with Gasteiger partial charge in [0.15, 0.2) is 0 Å². The number of nitrogens with zero attached hydrogens (tertiary/aromatic N) is 1. The predicted molar refractivity (Wildman–Crippen MR) is 73.0 cm³/mol. The molecule has 0 amide bonds. The Morgan fingerprint density at radius 1 is 1.50 bits per heavy atom. The SMILES string of the molecule is CCNCCCC(C)N(C)Cc1cccs1.